The van der Waals surface area contributed by atoms with E-state index >= 15 is 0 Å². The summed E-state index contributed by atoms with van der Waals surface area (Å²) in [6.45, 7) is 5.76. The first-order chi connectivity index (χ1) is 13.1. The average molecular weight is 413 g/mol. The van der Waals surface area contributed by atoms with E-state index < -0.39 is 28.8 Å². The van der Waals surface area contributed by atoms with Crippen molar-refractivity contribution in [1.82, 2.24) is 14.8 Å². The van der Waals surface area contributed by atoms with Crippen LogP contribution in [0, 0.1) is 6.92 Å². The quantitative estimate of drug-likeness (QED) is 0.780. The zero-order chi connectivity index (χ0) is 20.6. The molecule has 2 heterocycles. The molecule has 0 radical (unpaired) electrons. The first-order valence-electron chi connectivity index (χ1n) is 8.50. The molecule has 0 saturated heterocycles. The number of anilines is 2. The Labute approximate surface area is 163 Å². The van der Waals surface area contributed by atoms with Crippen LogP contribution in [0.4, 0.5) is 24.5 Å². The van der Waals surface area contributed by atoms with Gasteiger partial charge in [-0.15, -0.1) is 10.2 Å². The maximum atomic E-state index is 12.9. The van der Waals surface area contributed by atoms with Crippen molar-refractivity contribution in [3.8, 4) is 0 Å². The number of thioether (sulfide) groups is 1. The predicted molar refractivity (Wildman–Crippen MR) is 98.2 cm³/mol. The first-order valence-corrected chi connectivity index (χ1v) is 9.38. The van der Waals surface area contributed by atoms with Crippen molar-refractivity contribution >= 4 is 35.0 Å². The molecule has 3 rings (SSSR count). The molecule has 0 fully saturated rings. The molecule has 1 aromatic carbocycles. The topological polar surface area (TPSA) is 80.1 Å². The van der Waals surface area contributed by atoms with Crippen molar-refractivity contribution in [3.05, 3.63) is 29.6 Å². The first kappa shape index (κ1) is 20.2. The monoisotopic (exact) mass is 413 g/mol. The summed E-state index contributed by atoms with van der Waals surface area (Å²) in [6.07, 6.45) is -4.54. The van der Waals surface area contributed by atoms with E-state index in [1.807, 2.05) is 11.5 Å². The number of aryl methyl sites for hydroxylation is 1. The number of benzene rings is 1. The lowest BCUT2D eigenvalue weighted by Crippen LogP contribution is -2.45. The minimum absolute atomic E-state index is 0.0378. The fourth-order valence-corrected chi connectivity index (χ4v) is 3.92. The molecule has 0 saturated carbocycles. The van der Waals surface area contributed by atoms with Crippen molar-refractivity contribution in [1.29, 1.82) is 0 Å². The van der Waals surface area contributed by atoms with Crippen molar-refractivity contribution in [3.63, 3.8) is 0 Å². The lowest BCUT2D eigenvalue weighted by atomic mass is 10.1. The van der Waals surface area contributed by atoms with Gasteiger partial charge >= 0.3 is 6.18 Å². The molecule has 1 aliphatic heterocycles. The lowest BCUT2D eigenvalue weighted by molar-refractivity contribution is -0.137. The number of carbonyl (C=O) groups is 2. The molecule has 1 N–H and O–H groups in total. The second kappa shape index (κ2) is 7.46. The van der Waals surface area contributed by atoms with Crippen LogP contribution in [0.5, 0.6) is 0 Å². The number of amides is 2. The van der Waals surface area contributed by atoms with E-state index in [4.69, 9.17) is 0 Å². The third-order valence-electron chi connectivity index (χ3n) is 4.30. The van der Waals surface area contributed by atoms with Crippen LogP contribution in [0.2, 0.25) is 0 Å². The number of hydrogen-bond acceptors (Lipinski definition) is 5. The van der Waals surface area contributed by atoms with Crippen molar-refractivity contribution in [2.24, 2.45) is 0 Å². The Kier molecular flexibility index (Phi) is 5.37. The van der Waals surface area contributed by atoms with E-state index in [-0.39, 0.29) is 17.9 Å². The number of rotatable bonds is 4. The minimum atomic E-state index is -4.54. The van der Waals surface area contributed by atoms with Gasteiger partial charge in [-0.05, 0) is 39.0 Å². The standard InChI is InChI=1S/C17H18F3N5O2S/c1-4-24-10(3)22-23-16(24)28-9(2)15(27)25-8-14(26)21-12-7-11(17(18,19)20)5-6-13(12)25/h5-7,9H,4,8H2,1-3H3,(H,21,26). The van der Waals surface area contributed by atoms with Crippen LogP contribution >= 0.6 is 11.8 Å². The zero-order valence-electron chi connectivity index (χ0n) is 15.4. The number of halogens is 3. The summed E-state index contributed by atoms with van der Waals surface area (Å²) in [5.41, 5.74) is -0.697. The van der Waals surface area contributed by atoms with Gasteiger partial charge in [0.25, 0.3) is 0 Å². The summed E-state index contributed by atoms with van der Waals surface area (Å²) in [7, 11) is 0. The molecular weight excluding hydrogens is 395 g/mol. The van der Waals surface area contributed by atoms with Gasteiger partial charge in [0.1, 0.15) is 12.4 Å². The molecular formula is C17H18F3N5O2S. The molecule has 2 aromatic rings. The average Bonchev–Trinajstić information content (AvgIpc) is 2.98. The molecule has 150 valence electrons. The maximum absolute atomic E-state index is 12.9. The number of hydrogen-bond donors (Lipinski definition) is 1. The number of aromatic nitrogens is 3. The van der Waals surface area contributed by atoms with Gasteiger partial charge in [-0.3, -0.25) is 14.5 Å². The van der Waals surface area contributed by atoms with Crippen LogP contribution < -0.4 is 10.2 Å². The summed E-state index contributed by atoms with van der Waals surface area (Å²) >= 11 is 1.19. The molecule has 1 aliphatic rings. The number of carbonyl (C=O) groups excluding carboxylic acids is 2. The van der Waals surface area contributed by atoms with Gasteiger partial charge in [0.05, 0.1) is 22.2 Å². The van der Waals surface area contributed by atoms with E-state index in [0.717, 1.165) is 12.1 Å². The van der Waals surface area contributed by atoms with Crippen LogP contribution in [-0.4, -0.2) is 38.4 Å². The van der Waals surface area contributed by atoms with Crippen LogP contribution in [-0.2, 0) is 22.3 Å². The lowest BCUT2D eigenvalue weighted by Gasteiger charge is -2.31. The van der Waals surface area contributed by atoms with Gasteiger partial charge in [0, 0.05) is 6.54 Å². The smallest absolute Gasteiger partial charge is 0.323 e. The molecule has 28 heavy (non-hydrogen) atoms. The molecule has 0 aliphatic carbocycles. The molecule has 11 heteroatoms. The van der Waals surface area contributed by atoms with Gasteiger partial charge in [0.15, 0.2) is 5.16 Å². The Morgan fingerprint density at radius 1 is 1.36 bits per heavy atom. The predicted octanol–water partition coefficient (Wildman–Crippen LogP) is 3.09. The van der Waals surface area contributed by atoms with Crippen molar-refractivity contribution in [2.45, 2.75) is 43.9 Å². The van der Waals surface area contributed by atoms with Gasteiger partial charge in [-0.25, -0.2) is 0 Å². The van der Waals surface area contributed by atoms with Crippen LogP contribution in [0.1, 0.15) is 25.2 Å². The Hall–Kier alpha value is -2.56. The highest BCUT2D eigenvalue weighted by atomic mass is 32.2. The third-order valence-corrected chi connectivity index (χ3v) is 5.37. The Morgan fingerprint density at radius 3 is 2.71 bits per heavy atom. The summed E-state index contributed by atoms with van der Waals surface area (Å²) in [4.78, 5) is 26.1. The summed E-state index contributed by atoms with van der Waals surface area (Å²) in [5.74, 6) is -0.235. The summed E-state index contributed by atoms with van der Waals surface area (Å²) in [5, 5.41) is 10.4. The van der Waals surface area contributed by atoms with E-state index in [9.17, 15) is 22.8 Å². The second-order valence-corrected chi connectivity index (χ2v) is 7.54. The highest BCUT2D eigenvalue weighted by molar-refractivity contribution is 8.00. The molecule has 2 amide bonds. The Balaban J connectivity index is 1.87. The summed E-state index contributed by atoms with van der Waals surface area (Å²) < 4.78 is 40.7. The van der Waals surface area contributed by atoms with Crippen LogP contribution in [0.15, 0.2) is 23.4 Å². The molecule has 0 bridgehead atoms. The SMILES string of the molecule is CCn1c(C)nnc1SC(C)C(=O)N1CC(=O)Nc2cc(C(F)(F)F)ccc21. The van der Waals surface area contributed by atoms with E-state index in [1.54, 1.807) is 13.8 Å². The van der Waals surface area contributed by atoms with E-state index in [0.29, 0.717) is 17.5 Å². The van der Waals surface area contributed by atoms with E-state index in [2.05, 4.69) is 15.5 Å². The van der Waals surface area contributed by atoms with Gasteiger partial charge < -0.3 is 9.88 Å². The number of alkyl halides is 3. The van der Waals surface area contributed by atoms with Gasteiger partial charge in [0.2, 0.25) is 11.8 Å². The van der Waals surface area contributed by atoms with Crippen LogP contribution in [0.25, 0.3) is 0 Å². The third kappa shape index (κ3) is 3.84. The Morgan fingerprint density at radius 2 is 2.07 bits per heavy atom. The molecule has 1 unspecified atom stereocenters. The fraction of sp³-hybridized carbons (Fsp3) is 0.412. The van der Waals surface area contributed by atoms with Crippen molar-refractivity contribution in [2.75, 3.05) is 16.8 Å². The molecule has 7 nitrogen and oxygen atoms in total. The highest BCUT2D eigenvalue weighted by Gasteiger charge is 2.35. The minimum Gasteiger partial charge on any atom is -0.323 e. The van der Waals surface area contributed by atoms with Gasteiger partial charge in [-0.1, -0.05) is 11.8 Å². The Bertz CT molecular complexity index is 928. The second-order valence-electron chi connectivity index (χ2n) is 6.24. The zero-order valence-corrected chi connectivity index (χ0v) is 16.2. The maximum Gasteiger partial charge on any atom is 0.416 e. The molecule has 0 spiro atoms. The van der Waals surface area contributed by atoms with Crippen molar-refractivity contribution < 1.29 is 22.8 Å². The molecule has 1 aromatic heterocycles. The largest absolute Gasteiger partial charge is 0.416 e. The highest BCUT2D eigenvalue weighted by Crippen LogP contribution is 2.37. The normalized spacial score (nSPS) is 15.2. The fourth-order valence-electron chi connectivity index (χ4n) is 2.90. The van der Waals surface area contributed by atoms with Gasteiger partial charge in [-0.2, -0.15) is 13.2 Å². The van der Waals surface area contributed by atoms with E-state index in [1.165, 1.54) is 22.7 Å². The summed E-state index contributed by atoms with van der Waals surface area (Å²) in [6, 6.07) is 2.93. The van der Waals surface area contributed by atoms with Crippen LogP contribution in [0.3, 0.4) is 0 Å². The molecule has 1 atom stereocenters. The number of nitrogens with zero attached hydrogens (tertiary/aromatic N) is 4. The number of nitrogens with one attached hydrogen (secondary N) is 1. The number of fused-ring (bicyclic) bond motifs is 1.